The minimum Gasteiger partial charge on any atom is -0.497 e. The predicted octanol–water partition coefficient (Wildman–Crippen LogP) is 3.54. The summed E-state index contributed by atoms with van der Waals surface area (Å²) < 4.78 is 10.3. The summed E-state index contributed by atoms with van der Waals surface area (Å²) in [7, 11) is 1.54. The molecule has 1 N–H and O–H groups in total. The van der Waals surface area contributed by atoms with Gasteiger partial charge in [0.2, 0.25) is 5.91 Å². The number of nitrogens with one attached hydrogen (secondary N) is 1. The topological polar surface area (TPSA) is 81.7 Å². The van der Waals surface area contributed by atoms with Crippen LogP contribution in [0.25, 0.3) is 0 Å². The second kappa shape index (κ2) is 9.69. The number of benzene rings is 1. The number of amides is 1. The molecule has 1 amide bonds. The number of ether oxygens (including phenoxy) is 2. The van der Waals surface area contributed by atoms with E-state index in [1.54, 1.807) is 38.3 Å². The molecule has 7 heteroatoms. The molecule has 1 fully saturated rings. The molecule has 0 radical (unpaired) electrons. The minimum atomic E-state index is -1.02. The van der Waals surface area contributed by atoms with E-state index in [4.69, 9.17) is 9.47 Å². The van der Waals surface area contributed by atoms with E-state index in [1.165, 1.54) is 6.08 Å². The Morgan fingerprint density at radius 3 is 2.33 bits per heavy atom. The Hall–Kier alpha value is -2.15. The molecular formula is C20H24BrNO5. The van der Waals surface area contributed by atoms with Crippen molar-refractivity contribution >= 4 is 33.6 Å². The second-order valence-electron chi connectivity index (χ2n) is 6.40. The van der Waals surface area contributed by atoms with Crippen LogP contribution in [0.15, 0.2) is 34.8 Å². The third-order valence-electron chi connectivity index (χ3n) is 4.56. The van der Waals surface area contributed by atoms with Crippen LogP contribution in [-0.2, 0) is 14.3 Å². The average molecular weight is 438 g/mol. The van der Waals surface area contributed by atoms with Crippen molar-refractivity contribution in [1.29, 1.82) is 0 Å². The van der Waals surface area contributed by atoms with Gasteiger partial charge in [-0.15, -0.1) is 0 Å². The molecular weight excluding hydrogens is 414 g/mol. The molecule has 146 valence electrons. The fourth-order valence-corrected chi connectivity index (χ4v) is 3.57. The number of methoxy groups -OCH3 is 1. The molecule has 0 aromatic heterocycles. The number of ketones is 1. The molecule has 0 heterocycles. The lowest BCUT2D eigenvalue weighted by atomic mass is 9.81. The first-order valence-electron chi connectivity index (χ1n) is 8.97. The first-order chi connectivity index (χ1) is 12.9. The summed E-state index contributed by atoms with van der Waals surface area (Å²) in [6.07, 6.45) is 4.95. The van der Waals surface area contributed by atoms with Crippen molar-refractivity contribution in [3.63, 3.8) is 0 Å². The maximum absolute atomic E-state index is 12.5. The van der Waals surface area contributed by atoms with Crippen LogP contribution in [0.5, 0.6) is 5.75 Å². The Bertz CT molecular complexity index is 720. The Balaban J connectivity index is 2.12. The number of carbonyl (C=O) groups is 3. The van der Waals surface area contributed by atoms with Gasteiger partial charge in [0.15, 0.2) is 5.78 Å². The van der Waals surface area contributed by atoms with Crippen molar-refractivity contribution < 1.29 is 23.9 Å². The van der Waals surface area contributed by atoms with Gasteiger partial charge < -0.3 is 14.8 Å². The van der Waals surface area contributed by atoms with Gasteiger partial charge in [-0.2, -0.15) is 0 Å². The predicted molar refractivity (Wildman–Crippen MR) is 105 cm³/mol. The van der Waals surface area contributed by atoms with Crippen LogP contribution in [-0.4, -0.2) is 36.9 Å². The molecule has 2 rings (SSSR count). The van der Waals surface area contributed by atoms with Gasteiger partial charge in [-0.05, 0) is 60.0 Å². The molecule has 0 aliphatic heterocycles. The first-order valence-corrected chi connectivity index (χ1v) is 9.76. The monoisotopic (exact) mass is 437 g/mol. The van der Waals surface area contributed by atoms with Gasteiger partial charge in [0.25, 0.3) is 0 Å². The number of rotatable bonds is 7. The molecule has 1 aliphatic rings. The van der Waals surface area contributed by atoms with E-state index in [2.05, 4.69) is 21.2 Å². The van der Waals surface area contributed by atoms with E-state index < -0.39 is 17.4 Å². The van der Waals surface area contributed by atoms with Crippen LogP contribution in [0.2, 0.25) is 0 Å². The van der Waals surface area contributed by atoms with Gasteiger partial charge in [0.1, 0.15) is 11.3 Å². The van der Waals surface area contributed by atoms with Crippen LogP contribution >= 0.6 is 15.9 Å². The maximum Gasteiger partial charge on any atom is 0.331 e. The summed E-state index contributed by atoms with van der Waals surface area (Å²) in [5, 5.41) is 2.78. The van der Waals surface area contributed by atoms with E-state index in [0.717, 1.165) is 19.3 Å². The second-order valence-corrected chi connectivity index (χ2v) is 7.26. The number of Topliss-reactive ketones (excluding diaryl/α,β-unsaturated/α-hetero) is 1. The van der Waals surface area contributed by atoms with E-state index >= 15 is 0 Å². The van der Waals surface area contributed by atoms with E-state index in [0.29, 0.717) is 24.2 Å². The van der Waals surface area contributed by atoms with Crippen LogP contribution in [0, 0.1) is 0 Å². The molecule has 0 bridgehead atoms. The smallest absolute Gasteiger partial charge is 0.331 e. The number of hydrogen-bond acceptors (Lipinski definition) is 5. The summed E-state index contributed by atoms with van der Waals surface area (Å²) >= 11 is 3.17. The highest BCUT2D eigenvalue weighted by atomic mass is 79.9. The molecule has 0 saturated heterocycles. The van der Waals surface area contributed by atoms with Crippen molar-refractivity contribution in [3.05, 3.63) is 40.4 Å². The molecule has 27 heavy (non-hydrogen) atoms. The van der Waals surface area contributed by atoms with Gasteiger partial charge >= 0.3 is 5.97 Å². The highest BCUT2D eigenvalue weighted by Gasteiger charge is 2.42. The molecule has 0 unspecified atom stereocenters. The summed E-state index contributed by atoms with van der Waals surface area (Å²) in [6.45, 7) is 1.99. The van der Waals surface area contributed by atoms with Crippen molar-refractivity contribution in [2.75, 3.05) is 13.7 Å². The summed E-state index contributed by atoms with van der Waals surface area (Å²) in [5.41, 5.74) is -0.595. The van der Waals surface area contributed by atoms with Crippen molar-refractivity contribution in [2.24, 2.45) is 0 Å². The zero-order chi connectivity index (χ0) is 19.9. The SMILES string of the molecule is CCOC(=O)C1(NC(=O)C=C(Br)C(=O)c2ccc(OC)cc2)CCCCC1. The fourth-order valence-electron chi connectivity index (χ4n) is 3.14. The lowest BCUT2D eigenvalue weighted by molar-refractivity contribution is -0.154. The van der Waals surface area contributed by atoms with Crippen LogP contribution < -0.4 is 10.1 Å². The Morgan fingerprint density at radius 2 is 1.78 bits per heavy atom. The highest BCUT2D eigenvalue weighted by molar-refractivity contribution is 9.12. The van der Waals surface area contributed by atoms with E-state index in [9.17, 15) is 14.4 Å². The summed E-state index contributed by atoms with van der Waals surface area (Å²) in [4.78, 5) is 37.3. The summed E-state index contributed by atoms with van der Waals surface area (Å²) in [6, 6.07) is 6.58. The zero-order valence-electron chi connectivity index (χ0n) is 15.5. The Kier molecular flexibility index (Phi) is 7.59. The molecule has 0 atom stereocenters. The standard InChI is InChI=1S/C20H24BrNO5/c1-3-27-19(25)20(11-5-4-6-12-20)22-17(23)13-16(21)18(24)14-7-9-15(26-2)10-8-14/h7-10,13H,3-6,11-12H2,1-2H3,(H,22,23). The number of allylic oxidation sites excluding steroid dienone is 1. The highest BCUT2D eigenvalue weighted by Crippen LogP contribution is 2.30. The van der Waals surface area contributed by atoms with Crippen LogP contribution in [0.4, 0.5) is 0 Å². The Labute approximate surface area is 167 Å². The van der Waals surface area contributed by atoms with Crippen LogP contribution in [0.1, 0.15) is 49.4 Å². The third-order valence-corrected chi connectivity index (χ3v) is 5.15. The lowest BCUT2D eigenvalue weighted by Crippen LogP contribution is -2.56. The number of hydrogen-bond donors (Lipinski definition) is 1. The Morgan fingerprint density at radius 1 is 1.15 bits per heavy atom. The minimum absolute atomic E-state index is 0.111. The van der Waals surface area contributed by atoms with Crippen molar-refractivity contribution in [3.8, 4) is 5.75 Å². The number of esters is 1. The van der Waals surface area contributed by atoms with Crippen LogP contribution in [0.3, 0.4) is 0 Å². The fraction of sp³-hybridized carbons (Fsp3) is 0.450. The van der Waals surface area contributed by atoms with Gasteiger partial charge in [-0.3, -0.25) is 9.59 Å². The number of carbonyl (C=O) groups excluding carboxylic acids is 3. The largest absolute Gasteiger partial charge is 0.497 e. The molecule has 1 saturated carbocycles. The molecule has 6 nitrogen and oxygen atoms in total. The third kappa shape index (κ3) is 5.42. The van der Waals surface area contributed by atoms with Gasteiger partial charge in [0, 0.05) is 11.6 Å². The molecule has 1 aromatic rings. The van der Waals surface area contributed by atoms with Gasteiger partial charge in [-0.1, -0.05) is 19.3 Å². The normalized spacial score (nSPS) is 16.3. The maximum atomic E-state index is 12.5. The molecule has 1 aromatic carbocycles. The van der Waals surface area contributed by atoms with Crippen molar-refractivity contribution in [2.45, 2.75) is 44.6 Å². The first kappa shape index (κ1) is 21.2. The molecule has 0 spiro atoms. The van der Waals surface area contributed by atoms with E-state index in [-0.39, 0.29) is 16.9 Å². The summed E-state index contributed by atoms with van der Waals surface area (Å²) in [5.74, 6) is -0.609. The quantitative estimate of drug-likeness (QED) is 0.400. The lowest BCUT2D eigenvalue weighted by Gasteiger charge is -2.35. The molecule has 1 aliphatic carbocycles. The van der Waals surface area contributed by atoms with Gasteiger partial charge in [-0.25, -0.2) is 4.79 Å². The van der Waals surface area contributed by atoms with Gasteiger partial charge in [0.05, 0.1) is 18.2 Å². The zero-order valence-corrected chi connectivity index (χ0v) is 17.1. The number of halogens is 1. The average Bonchev–Trinajstić information content (AvgIpc) is 2.68. The van der Waals surface area contributed by atoms with E-state index in [1.807, 2.05) is 0 Å². The van der Waals surface area contributed by atoms with Crippen molar-refractivity contribution in [1.82, 2.24) is 5.32 Å².